The lowest BCUT2D eigenvalue weighted by Gasteiger charge is -2.12. The highest BCUT2D eigenvalue weighted by atomic mass is 15.1. The van der Waals surface area contributed by atoms with Crippen molar-refractivity contribution in [1.29, 1.82) is 0 Å². The predicted molar refractivity (Wildman–Crippen MR) is 81.7 cm³/mol. The van der Waals surface area contributed by atoms with E-state index in [1.165, 1.54) is 0 Å². The van der Waals surface area contributed by atoms with E-state index in [1.54, 1.807) is 12.4 Å². The van der Waals surface area contributed by atoms with Crippen LogP contribution in [-0.4, -0.2) is 47.0 Å². The van der Waals surface area contributed by atoms with Gasteiger partial charge < -0.3 is 10.2 Å². The fourth-order valence-corrected chi connectivity index (χ4v) is 1.81. The van der Waals surface area contributed by atoms with Crippen molar-refractivity contribution in [2.45, 2.75) is 13.3 Å². The van der Waals surface area contributed by atoms with E-state index in [1.807, 2.05) is 18.2 Å². The molecule has 106 valence electrons. The number of anilines is 1. The molecule has 5 nitrogen and oxygen atoms in total. The normalized spacial score (nSPS) is 10.8. The summed E-state index contributed by atoms with van der Waals surface area (Å²) in [6, 6.07) is 5.87. The summed E-state index contributed by atoms with van der Waals surface area (Å²) in [5.41, 5.74) is 2.03. The lowest BCUT2D eigenvalue weighted by molar-refractivity contribution is 0.425. The van der Waals surface area contributed by atoms with Crippen LogP contribution in [0.25, 0.3) is 11.4 Å². The highest BCUT2D eigenvalue weighted by Crippen LogP contribution is 2.17. The highest BCUT2D eigenvalue weighted by molar-refractivity contribution is 5.56. The third-order valence-electron chi connectivity index (χ3n) is 2.95. The predicted octanol–water partition coefficient (Wildman–Crippen LogP) is 2.07. The van der Waals surface area contributed by atoms with Gasteiger partial charge in [0.25, 0.3) is 0 Å². The van der Waals surface area contributed by atoms with Gasteiger partial charge in [-0.3, -0.25) is 4.98 Å². The van der Waals surface area contributed by atoms with Crippen LogP contribution in [0.2, 0.25) is 0 Å². The van der Waals surface area contributed by atoms with Crippen molar-refractivity contribution in [2.24, 2.45) is 0 Å². The van der Waals surface area contributed by atoms with Crippen LogP contribution in [0.1, 0.15) is 12.6 Å². The molecule has 1 N–H and O–H groups in total. The lowest BCUT2D eigenvalue weighted by Crippen LogP contribution is -2.21. The molecule has 0 radical (unpaired) electrons. The molecule has 2 aromatic heterocycles. The zero-order valence-electron chi connectivity index (χ0n) is 12.3. The van der Waals surface area contributed by atoms with Crippen LogP contribution >= 0.6 is 0 Å². The van der Waals surface area contributed by atoms with Crippen LogP contribution in [0.4, 0.5) is 5.82 Å². The highest BCUT2D eigenvalue weighted by Gasteiger charge is 2.06. The average Bonchev–Trinajstić information content (AvgIpc) is 2.47. The molecule has 2 aromatic rings. The largest absolute Gasteiger partial charge is 0.369 e. The van der Waals surface area contributed by atoms with Gasteiger partial charge in [-0.2, -0.15) is 0 Å². The van der Waals surface area contributed by atoms with Crippen molar-refractivity contribution in [3.63, 3.8) is 0 Å². The summed E-state index contributed by atoms with van der Waals surface area (Å²) in [4.78, 5) is 15.3. The summed E-state index contributed by atoms with van der Waals surface area (Å²) in [7, 11) is 4.11. The topological polar surface area (TPSA) is 53.9 Å². The van der Waals surface area contributed by atoms with Gasteiger partial charge in [-0.1, -0.05) is 6.92 Å². The molecule has 0 amide bonds. The Balaban J connectivity index is 2.20. The Morgan fingerprint density at radius 2 is 1.90 bits per heavy atom. The molecule has 0 aromatic carbocycles. The van der Waals surface area contributed by atoms with Gasteiger partial charge in [0, 0.05) is 42.8 Å². The minimum Gasteiger partial charge on any atom is -0.369 e. The van der Waals surface area contributed by atoms with E-state index in [-0.39, 0.29) is 0 Å². The zero-order valence-corrected chi connectivity index (χ0v) is 12.3. The Kier molecular flexibility index (Phi) is 5.01. The smallest absolute Gasteiger partial charge is 0.161 e. The van der Waals surface area contributed by atoms with E-state index in [9.17, 15) is 0 Å². The summed E-state index contributed by atoms with van der Waals surface area (Å²) < 4.78 is 0. The fraction of sp³-hybridized carbons (Fsp3) is 0.400. The number of hydrogen-bond acceptors (Lipinski definition) is 5. The summed E-state index contributed by atoms with van der Waals surface area (Å²) in [5.74, 6) is 1.63. The molecule has 0 aliphatic heterocycles. The first-order valence-electron chi connectivity index (χ1n) is 6.86. The molecule has 5 heteroatoms. The second-order valence-electron chi connectivity index (χ2n) is 4.89. The maximum atomic E-state index is 4.58. The van der Waals surface area contributed by atoms with E-state index in [2.05, 4.69) is 46.2 Å². The zero-order chi connectivity index (χ0) is 14.4. The van der Waals surface area contributed by atoms with Crippen LogP contribution in [0.5, 0.6) is 0 Å². The second kappa shape index (κ2) is 6.96. The number of pyridine rings is 1. The molecule has 0 spiro atoms. The summed E-state index contributed by atoms with van der Waals surface area (Å²) in [5, 5.41) is 3.35. The van der Waals surface area contributed by atoms with Crippen LogP contribution in [0.3, 0.4) is 0 Å². The molecular formula is C15H21N5. The molecule has 2 heterocycles. The molecular weight excluding hydrogens is 250 g/mol. The molecule has 2 rings (SSSR count). The quantitative estimate of drug-likeness (QED) is 0.871. The third-order valence-corrected chi connectivity index (χ3v) is 2.95. The number of nitrogens with one attached hydrogen (secondary N) is 1. The van der Waals surface area contributed by atoms with Gasteiger partial charge in [0.1, 0.15) is 5.82 Å². The molecule has 0 saturated heterocycles. The van der Waals surface area contributed by atoms with E-state index >= 15 is 0 Å². The Morgan fingerprint density at radius 3 is 2.55 bits per heavy atom. The number of aromatic nitrogens is 3. The second-order valence-corrected chi connectivity index (χ2v) is 4.89. The van der Waals surface area contributed by atoms with Crippen LogP contribution in [0, 0.1) is 0 Å². The van der Waals surface area contributed by atoms with Gasteiger partial charge in [0.2, 0.25) is 0 Å². The van der Waals surface area contributed by atoms with Crippen LogP contribution in [0.15, 0.2) is 30.6 Å². The van der Waals surface area contributed by atoms with E-state index in [0.29, 0.717) is 0 Å². The number of nitrogens with zero attached hydrogens (tertiary/aromatic N) is 4. The summed E-state index contributed by atoms with van der Waals surface area (Å²) in [6.07, 6.45) is 4.41. The first-order valence-corrected chi connectivity index (χ1v) is 6.86. The maximum Gasteiger partial charge on any atom is 0.161 e. The van der Waals surface area contributed by atoms with Crippen molar-refractivity contribution in [3.05, 3.63) is 36.3 Å². The maximum absolute atomic E-state index is 4.58. The SMILES string of the molecule is CCc1cc(NCCN(C)C)nc(-c2ccncc2)n1. The molecule has 0 fully saturated rings. The van der Waals surface area contributed by atoms with Crippen LogP contribution < -0.4 is 5.32 Å². The molecule has 0 unspecified atom stereocenters. The minimum absolute atomic E-state index is 0.749. The summed E-state index contributed by atoms with van der Waals surface area (Å²) >= 11 is 0. The van der Waals surface area contributed by atoms with Gasteiger partial charge in [0.15, 0.2) is 5.82 Å². The lowest BCUT2D eigenvalue weighted by atomic mass is 10.2. The van der Waals surface area contributed by atoms with E-state index < -0.39 is 0 Å². The molecule has 0 aliphatic rings. The summed E-state index contributed by atoms with van der Waals surface area (Å²) in [6.45, 7) is 3.93. The van der Waals surface area contributed by atoms with Gasteiger partial charge in [-0.25, -0.2) is 9.97 Å². The first kappa shape index (κ1) is 14.4. The van der Waals surface area contributed by atoms with Gasteiger partial charge in [-0.15, -0.1) is 0 Å². The molecule has 20 heavy (non-hydrogen) atoms. The first-order chi connectivity index (χ1) is 9.69. The van der Waals surface area contributed by atoms with Gasteiger partial charge >= 0.3 is 0 Å². The van der Waals surface area contributed by atoms with Crippen molar-refractivity contribution in [3.8, 4) is 11.4 Å². The minimum atomic E-state index is 0.749. The monoisotopic (exact) mass is 271 g/mol. The fourth-order valence-electron chi connectivity index (χ4n) is 1.81. The Bertz CT molecular complexity index is 539. The number of hydrogen-bond donors (Lipinski definition) is 1. The van der Waals surface area contributed by atoms with E-state index in [4.69, 9.17) is 0 Å². The standard InChI is InChI=1S/C15H21N5/c1-4-13-11-14(17-9-10-20(2)3)19-15(18-13)12-5-7-16-8-6-12/h5-8,11H,4,9-10H2,1-3H3,(H,17,18,19). The number of likely N-dealkylation sites (N-methyl/N-ethyl adjacent to an activating group) is 1. The molecule has 0 bridgehead atoms. The van der Waals surface area contributed by atoms with Gasteiger partial charge in [-0.05, 0) is 32.6 Å². The Hall–Kier alpha value is -2.01. The van der Waals surface area contributed by atoms with Crippen molar-refractivity contribution in [2.75, 3.05) is 32.5 Å². The Morgan fingerprint density at radius 1 is 1.15 bits per heavy atom. The molecule has 0 atom stereocenters. The molecule has 0 aliphatic carbocycles. The van der Waals surface area contributed by atoms with Crippen molar-refractivity contribution >= 4 is 5.82 Å². The number of aryl methyl sites for hydroxylation is 1. The Labute approximate surface area is 120 Å². The van der Waals surface area contributed by atoms with Crippen LogP contribution in [-0.2, 0) is 6.42 Å². The third kappa shape index (κ3) is 3.99. The number of rotatable bonds is 6. The molecule has 0 saturated carbocycles. The van der Waals surface area contributed by atoms with Gasteiger partial charge in [0.05, 0.1) is 0 Å². The average molecular weight is 271 g/mol. The van der Waals surface area contributed by atoms with Crippen molar-refractivity contribution < 1.29 is 0 Å². The van der Waals surface area contributed by atoms with E-state index in [0.717, 1.165) is 42.4 Å². The van der Waals surface area contributed by atoms with Crippen molar-refractivity contribution in [1.82, 2.24) is 19.9 Å².